The maximum Gasteiger partial charge on any atom is 0.213 e. The van der Waals surface area contributed by atoms with Crippen LogP contribution in [-0.4, -0.2) is 26.8 Å². The van der Waals surface area contributed by atoms with E-state index in [1.807, 2.05) is 7.05 Å². The van der Waals surface area contributed by atoms with Gasteiger partial charge in [-0.2, -0.15) is 0 Å². The van der Waals surface area contributed by atoms with Gasteiger partial charge < -0.3 is 5.32 Å². The van der Waals surface area contributed by atoms with E-state index in [9.17, 15) is 0 Å². The van der Waals surface area contributed by atoms with Crippen LogP contribution < -0.4 is 5.32 Å². The molecule has 1 aromatic heterocycles. The molecule has 0 aliphatic rings. The third kappa shape index (κ3) is 4.29. The molecule has 0 bridgehead atoms. The van der Waals surface area contributed by atoms with Crippen LogP contribution in [-0.2, 0) is 13.6 Å². The lowest BCUT2D eigenvalue weighted by molar-refractivity contribution is 0.551. The van der Waals surface area contributed by atoms with Crippen LogP contribution in [0.3, 0.4) is 0 Å². The van der Waals surface area contributed by atoms with Crippen LogP contribution in [0.5, 0.6) is 0 Å². The largest absolute Gasteiger partial charge is 0.312 e. The highest BCUT2D eigenvalue weighted by molar-refractivity contribution is 9.10. The molecule has 0 saturated carbocycles. The molecule has 0 unspecified atom stereocenters. The molecule has 2 rings (SSSR count). The van der Waals surface area contributed by atoms with Crippen LogP contribution in [0.15, 0.2) is 32.7 Å². The quantitative estimate of drug-likeness (QED) is 0.863. The van der Waals surface area contributed by atoms with Crippen LogP contribution in [0, 0.1) is 5.92 Å². The van der Waals surface area contributed by atoms with E-state index in [0.717, 1.165) is 27.6 Å². The average Bonchev–Trinajstić information content (AvgIpc) is 2.77. The van der Waals surface area contributed by atoms with Crippen molar-refractivity contribution in [3.63, 3.8) is 0 Å². The van der Waals surface area contributed by atoms with Crippen LogP contribution >= 0.6 is 27.7 Å². The van der Waals surface area contributed by atoms with Gasteiger partial charge in [0.15, 0.2) is 0 Å². The van der Waals surface area contributed by atoms with Gasteiger partial charge in [-0.25, -0.2) is 4.68 Å². The lowest BCUT2D eigenvalue weighted by Crippen LogP contribution is -2.19. The van der Waals surface area contributed by atoms with Crippen molar-refractivity contribution in [1.82, 2.24) is 25.5 Å². The molecule has 108 valence electrons. The van der Waals surface area contributed by atoms with Crippen molar-refractivity contribution in [2.45, 2.75) is 30.4 Å². The van der Waals surface area contributed by atoms with E-state index in [2.05, 4.69) is 68.8 Å². The standard InChI is InChI=1S/C13H18BrN5S/c1-9(2)7-15-8-10-4-5-11(6-12(10)14)20-13-16-17-18-19(13)3/h4-6,9,15H,7-8H2,1-3H3. The van der Waals surface area contributed by atoms with Crippen LogP contribution in [0.4, 0.5) is 0 Å². The zero-order valence-electron chi connectivity index (χ0n) is 11.8. The van der Waals surface area contributed by atoms with Crippen LogP contribution in [0.2, 0.25) is 0 Å². The summed E-state index contributed by atoms with van der Waals surface area (Å²) in [6, 6.07) is 6.33. The molecule has 1 aromatic carbocycles. The number of tetrazole rings is 1. The first-order chi connectivity index (χ1) is 9.56. The summed E-state index contributed by atoms with van der Waals surface area (Å²) in [5, 5.41) is 15.7. The minimum absolute atomic E-state index is 0.659. The van der Waals surface area contributed by atoms with Gasteiger partial charge in [-0.05, 0) is 52.3 Å². The third-order valence-corrected chi connectivity index (χ3v) is 4.44. The molecule has 0 saturated heterocycles. The summed E-state index contributed by atoms with van der Waals surface area (Å²) in [6.45, 7) is 6.30. The maximum absolute atomic E-state index is 3.97. The molecule has 0 aliphatic heterocycles. The minimum Gasteiger partial charge on any atom is -0.312 e. The van der Waals surface area contributed by atoms with Gasteiger partial charge in [0.2, 0.25) is 5.16 Å². The van der Waals surface area contributed by atoms with Gasteiger partial charge in [-0.1, -0.05) is 35.8 Å². The fourth-order valence-corrected chi connectivity index (χ4v) is 3.08. The Morgan fingerprint density at radius 2 is 2.20 bits per heavy atom. The third-order valence-electron chi connectivity index (χ3n) is 2.68. The summed E-state index contributed by atoms with van der Waals surface area (Å²) in [4.78, 5) is 1.11. The second kappa shape index (κ2) is 7.19. The normalized spacial score (nSPS) is 11.2. The minimum atomic E-state index is 0.659. The van der Waals surface area contributed by atoms with Gasteiger partial charge in [0, 0.05) is 23.0 Å². The first kappa shape index (κ1) is 15.5. The molecule has 1 N–H and O–H groups in total. The molecule has 7 heteroatoms. The number of nitrogens with one attached hydrogen (secondary N) is 1. The van der Waals surface area contributed by atoms with Gasteiger partial charge in [0.25, 0.3) is 0 Å². The van der Waals surface area contributed by atoms with Gasteiger partial charge in [-0.15, -0.1) is 5.10 Å². The predicted molar refractivity (Wildman–Crippen MR) is 83.6 cm³/mol. The second-order valence-corrected chi connectivity index (χ2v) is 6.86. The monoisotopic (exact) mass is 355 g/mol. The number of aromatic nitrogens is 4. The summed E-state index contributed by atoms with van der Waals surface area (Å²) in [5.41, 5.74) is 1.26. The summed E-state index contributed by atoms with van der Waals surface area (Å²) >= 11 is 5.17. The fraction of sp³-hybridized carbons (Fsp3) is 0.462. The molecule has 0 spiro atoms. The molecule has 2 aromatic rings. The zero-order chi connectivity index (χ0) is 14.5. The Morgan fingerprint density at radius 3 is 2.80 bits per heavy atom. The van der Waals surface area contributed by atoms with Crippen molar-refractivity contribution in [1.29, 1.82) is 0 Å². The summed E-state index contributed by atoms with van der Waals surface area (Å²) in [7, 11) is 1.83. The highest BCUT2D eigenvalue weighted by Crippen LogP contribution is 2.29. The smallest absolute Gasteiger partial charge is 0.213 e. The number of benzene rings is 1. The van der Waals surface area contributed by atoms with Gasteiger partial charge in [-0.3, -0.25) is 0 Å². The molecule has 0 radical (unpaired) electrons. The Kier molecular flexibility index (Phi) is 5.56. The average molecular weight is 356 g/mol. The van der Waals surface area contributed by atoms with E-state index in [4.69, 9.17) is 0 Å². The first-order valence-corrected chi connectivity index (χ1v) is 8.06. The first-order valence-electron chi connectivity index (χ1n) is 6.45. The van der Waals surface area contributed by atoms with E-state index in [1.165, 1.54) is 5.56 Å². The van der Waals surface area contributed by atoms with E-state index in [0.29, 0.717) is 5.92 Å². The van der Waals surface area contributed by atoms with Gasteiger partial charge in [0.05, 0.1) is 0 Å². The van der Waals surface area contributed by atoms with Crippen molar-refractivity contribution in [3.05, 3.63) is 28.2 Å². The van der Waals surface area contributed by atoms with Crippen molar-refractivity contribution >= 4 is 27.7 Å². The van der Waals surface area contributed by atoms with Crippen molar-refractivity contribution < 1.29 is 0 Å². The van der Waals surface area contributed by atoms with E-state index in [1.54, 1.807) is 16.4 Å². The molecular formula is C13H18BrN5S. The Labute approximate surface area is 131 Å². The number of nitrogens with zero attached hydrogens (tertiary/aromatic N) is 4. The summed E-state index contributed by atoms with van der Waals surface area (Å²) in [6.07, 6.45) is 0. The highest BCUT2D eigenvalue weighted by Gasteiger charge is 2.07. The van der Waals surface area contributed by atoms with Crippen molar-refractivity contribution in [2.24, 2.45) is 13.0 Å². The number of hydrogen-bond donors (Lipinski definition) is 1. The highest BCUT2D eigenvalue weighted by atomic mass is 79.9. The fourth-order valence-electron chi connectivity index (χ4n) is 1.64. The molecule has 20 heavy (non-hydrogen) atoms. The Bertz CT molecular complexity index is 570. The Balaban J connectivity index is 2.00. The van der Waals surface area contributed by atoms with Crippen LogP contribution in [0.1, 0.15) is 19.4 Å². The van der Waals surface area contributed by atoms with Crippen molar-refractivity contribution in [2.75, 3.05) is 6.54 Å². The SMILES string of the molecule is CC(C)CNCc1ccc(Sc2nnnn2C)cc1Br. The molecule has 0 fully saturated rings. The van der Waals surface area contributed by atoms with E-state index < -0.39 is 0 Å². The Morgan fingerprint density at radius 1 is 1.40 bits per heavy atom. The molecular weight excluding hydrogens is 338 g/mol. The topological polar surface area (TPSA) is 55.6 Å². The predicted octanol–water partition coefficient (Wildman–Crippen LogP) is 2.87. The molecule has 0 atom stereocenters. The lowest BCUT2D eigenvalue weighted by Gasteiger charge is -2.10. The number of halogens is 1. The van der Waals surface area contributed by atoms with Gasteiger partial charge >= 0.3 is 0 Å². The molecule has 5 nitrogen and oxygen atoms in total. The van der Waals surface area contributed by atoms with Gasteiger partial charge in [0.1, 0.15) is 0 Å². The molecule has 0 aliphatic carbocycles. The zero-order valence-corrected chi connectivity index (χ0v) is 14.2. The number of hydrogen-bond acceptors (Lipinski definition) is 5. The summed E-state index contributed by atoms with van der Waals surface area (Å²) < 4.78 is 2.77. The molecule has 0 amide bonds. The summed E-state index contributed by atoms with van der Waals surface area (Å²) in [5.74, 6) is 0.659. The second-order valence-electron chi connectivity index (χ2n) is 4.97. The maximum atomic E-state index is 3.97. The van der Waals surface area contributed by atoms with E-state index in [-0.39, 0.29) is 0 Å². The number of aryl methyl sites for hydroxylation is 1. The van der Waals surface area contributed by atoms with E-state index >= 15 is 0 Å². The van der Waals surface area contributed by atoms with Crippen LogP contribution in [0.25, 0.3) is 0 Å². The Hall–Kier alpha value is -0.920. The molecule has 1 heterocycles. The lowest BCUT2D eigenvalue weighted by atomic mass is 10.2. The number of rotatable bonds is 6. The van der Waals surface area contributed by atoms with Crippen molar-refractivity contribution in [3.8, 4) is 0 Å².